The van der Waals surface area contributed by atoms with Crippen molar-refractivity contribution in [2.45, 2.75) is 26.1 Å². The highest BCUT2D eigenvalue weighted by Crippen LogP contribution is 2.35. The summed E-state index contributed by atoms with van der Waals surface area (Å²) < 4.78 is 21.2. The number of hydrogen-bond acceptors (Lipinski definition) is 9. The quantitative estimate of drug-likeness (QED) is 0.510. The molecule has 0 aromatic carbocycles. The number of hydrogen-bond donors (Lipinski definition) is 3. The SMILES string of the molecule is Cc1c(C2=CN3NCC(C#N)=C3C(OCC(O)c3ccc(F)cn3)=C2)nn2c1CN(C(=O)C1CNC1)CC2. The van der Waals surface area contributed by atoms with Crippen LogP contribution < -0.4 is 10.7 Å². The summed E-state index contributed by atoms with van der Waals surface area (Å²) in [5.74, 6) is 0.145. The number of nitrogens with one attached hydrogen (secondary N) is 2. The molecule has 1 atom stereocenters. The highest BCUT2D eigenvalue weighted by atomic mass is 19.1. The van der Waals surface area contributed by atoms with Gasteiger partial charge in [0.05, 0.1) is 60.5 Å². The average Bonchev–Trinajstić information content (AvgIpc) is 3.46. The van der Waals surface area contributed by atoms with E-state index in [0.29, 0.717) is 43.2 Å². The molecule has 6 heterocycles. The number of aromatic nitrogens is 3. The topological polar surface area (TPSA) is 132 Å². The second-order valence-electron chi connectivity index (χ2n) is 9.72. The number of halogens is 1. The monoisotopic (exact) mass is 518 g/mol. The lowest BCUT2D eigenvalue weighted by atomic mass is 10.0. The molecule has 38 heavy (non-hydrogen) atoms. The fraction of sp³-hybridized carbons (Fsp3) is 0.385. The van der Waals surface area contributed by atoms with Crippen LogP contribution in [0, 0.1) is 30.0 Å². The largest absolute Gasteiger partial charge is 0.488 e. The van der Waals surface area contributed by atoms with Crippen molar-refractivity contribution in [2.24, 2.45) is 5.92 Å². The molecule has 4 aliphatic rings. The molecule has 0 spiro atoms. The Morgan fingerprint density at radius 2 is 2.21 bits per heavy atom. The average molecular weight is 519 g/mol. The molecule has 196 valence electrons. The number of nitriles is 1. The van der Waals surface area contributed by atoms with Crippen LogP contribution in [-0.4, -0.2) is 68.5 Å². The van der Waals surface area contributed by atoms with E-state index in [1.165, 1.54) is 12.1 Å². The van der Waals surface area contributed by atoms with Gasteiger partial charge in [0.2, 0.25) is 5.91 Å². The van der Waals surface area contributed by atoms with Gasteiger partial charge in [-0.05, 0) is 25.1 Å². The Kier molecular flexibility index (Phi) is 6.19. The standard InChI is InChI=1S/C26H27FN8O3/c1-15-21-13-33(26(37)18-8-29-9-18)4-5-34(21)32-24(15)16-6-23(25-17(7-28)10-31-35(25)12-16)38-14-22(36)20-3-2-19(27)11-30-20/h2-3,6,11-12,18,22,29,31,36H,4-5,8-10,13-14H2,1H3. The first-order valence-corrected chi connectivity index (χ1v) is 12.5. The Morgan fingerprint density at radius 3 is 2.92 bits per heavy atom. The van der Waals surface area contributed by atoms with E-state index in [1.54, 1.807) is 5.01 Å². The van der Waals surface area contributed by atoms with Crippen LogP contribution in [0.4, 0.5) is 4.39 Å². The van der Waals surface area contributed by atoms with Gasteiger partial charge in [-0.15, -0.1) is 0 Å². The van der Waals surface area contributed by atoms with Gasteiger partial charge in [0.25, 0.3) is 0 Å². The van der Waals surface area contributed by atoms with Crippen LogP contribution in [0.1, 0.15) is 28.7 Å². The summed E-state index contributed by atoms with van der Waals surface area (Å²) >= 11 is 0. The first-order chi connectivity index (χ1) is 18.4. The number of carbonyl (C=O) groups is 1. The number of aliphatic hydroxyl groups excluding tert-OH is 1. The molecule has 6 rings (SSSR count). The number of hydrazine groups is 1. The number of amides is 1. The first-order valence-electron chi connectivity index (χ1n) is 12.5. The van der Waals surface area contributed by atoms with Crippen molar-refractivity contribution in [3.8, 4) is 6.07 Å². The molecule has 1 amide bonds. The van der Waals surface area contributed by atoms with Gasteiger partial charge in [-0.2, -0.15) is 10.4 Å². The molecule has 0 aliphatic carbocycles. The zero-order valence-corrected chi connectivity index (χ0v) is 20.8. The molecule has 12 heteroatoms. The van der Waals surface area contributed by atoms with Crippen LogP contribution in [0.25, 0.3) is 5.57 Å². The third-order valence-corrected chi connectivity index (χ3v) is 7.32. The third kappa shape index (κ3) is 4.24. The second kappa shape index (κ2) is 9.68. The molecule has 0 radical (unpaired) electrons. The lowest BCUT2D eigenvalue weighted by Gasteiger charge is -2.34. The van der Waals surface area contributed by atoms with Crippen LogP contribution >= 0.6 is 0 Å². The maximum atomic E-state index is 13.2. The van der Waals surface area contributed by atoms with Crippen molar-refractivity contribution in [2.75, 3.05) is 32.8 Å². The maximum Gasteiger partial charge on any atom is 0.228 e. The number of aliphatic hydroxyl groups is 1. The van der Waals surface area contributed by atoms with Crippen LogP contribution in [0.5, 0.6) is 0 Å². The number of fused-ring (bicyclic) bond motifs is 2. The molecule has 2 aromatic heterocycles. The summed E-state index contributed by atoms with van der Waals surface area (Å²) in [6, 6.07) is 4.84. The Bertz CT molecular complexity index is 1420. The van der Waals surface area contributed by atoms with Crippen LogP contribution in [0.3, 0.4) is 0 Å². The van der Waals surface area contributed by atoms with Crippen LogP contribution in [0.2, 0.25) is 0 Å². The minimum absolute atomic E-state index is 0.0502. The number of ether oxygens (including phenoxy) is 1. The van der Waals surface area contributed by atoms with Gasteiger partial charge in [0, 0.05) is 37.0 Å². The number of pyridine rings is 1. The van der Waals surface area contributed by atoms with Crippen molar-refractivity contribution in [3.63, 3.8) is 0 Å². The normalized spacial score (nSPS) is 19.7. The van der Waals surface area contributed by atoms with E-state index < -0.39 is 11.9 Å². The van der Waals surface area contributed by atoms with Gasteiger partial charge in [-0.1, -0.05) is 0 Å². The smallest absolute Gasteiger partial charge is 0.228 e. The molecule has 2 aromatic rings. The van der Waals surface area contributed by atoms with Crippen molar-refractivity contribution in [3.05, 3.63) is 76.1 Å². The number of rotatable bonds is 6. The highest BCUT2D eigenvalue weighted by molar-refractivity contribution is 5.81. The Morgan fingerprint density at radius 1 is 1.37 bits per heavy atom. The number of allylic oxidation sites excluding steroid dienone is 2. The molecule has 1 saturated heterocycles. The zero-order chi connectivity index (χ0) is 26.4. The third-order valence-electron chi connectivity index (χ3n) is 7.32. The molecule has 11 nitrogen and oxygen atoms in total. The Hall–Kier alpha value is -4.05. The van der Waals surface area contributed by atoms with Gasteiger partial charge in [0.1, 0.15) is 30.0 Å². The van der Waals surface area contributed by atoms with Gasteiger partial charge >= 0.3 is 0 Å². The Balaban J connectivity index is 1.27. The minimum atomic E-state index is -1.09. The molecular weight excluding hydrogens is 491 g/mol. The lowest BCUT2D eigenvalue weighted by Crippen LogP contribution is -2.53. The van der Waals surface area contributed by atoms with Gasteiger partial charge in [-0.25, -0.2) is 9.82 Å². The van der Waals surface area contributed by atoms with E-state index in [0.717, 1.165) is 41.8 Å². The predicted octanol–water partition coefficient (Wildman–Crippen LogP) is 0.874. The molecular formula is C26H27FN8O3. The van der Waals surface area contributed by atoms with E-state index in [1.807, 2.05) is 28.8 Å². The van der Waals surface area contributed by atoms with Crippen LogP contribution in [-0.2, 0) is 22.6 Å². The fourth-order valence-corrected chi connectivity index (χ4v) is 5.04. The van der Waals surface area contributed by atoms with Crippen molar-refractivity contribution >= 4 is 11.5 Å². The highest BCUT2D eigenvalue weighted by Gasteiger charge is 2.34. The summed E-state index contributed by atoms with van der Waals surface area (Å²) in [6.45, 7) is 5.40. The van der Waals surface area contributed by atoms with E-state index in [4.69, 9.17) is 9.84 Å². The maximum absolute atomic E-state index is 13.2. The molecule has 3 N–H and O–H groups in total. The zero-order valence-electron chi connectivity index (χ0n) is 20.8. The minimum Gasteiger partial charge on any atom is -0.488 e. The van der Waals surface area contributed by atoms with E-state index >= 15 is 0 Å². The molecule has 0 bridgehead atoms. The number of nitrogens with zero attached hydrogens (tertiary/aromatic N) is 6. The van der Waals surface area contributed by atoms with Crippen molar-refractivity contribution < 1.29 is 19.0 Å². The van der Waals surface area contributed by atoms with E-state index in [9.17, 15) is 19.6 Å². The van der Waals surface area contributed by atoms with E-state index in [-0.39, 0.29) is 24.1 Å². The van der Waals surface area contributed by atoms with Crippen molar-refractivity contribution in [1.82, 2.24) is 35.4 Å². The first kappa shape index (κ1) is 24.3. The van der Waals surface area contributed by atoms with Crippen molar-refractivity contribution in [1.29, 1.82) is 5.26 Å². The molecule has 1 fully saturated rings. The van der Waals surface area contributed by atoms with E-state index in [2.05, 4.69) is 21.8 Å². The molecule has 1 unspecified atom stereocenters. The molecule has 4 aliphatic heterocycles. The summed E-state index contributed by atoms with van der Waals surface area (Å²) in [7, 11) is 0. The summed E-state index contributed by atoms with van der Waals surface area (Å²) in [5, 5.41) is 30.0. The Labute approximate surface area is 218 Å². The fourth-order valence-electron chi connectivity index (χ4n) is 5.04. The summed E-state index contributed by atoms with van der Waals surface area (Å²) in [4.78, 5) is 18.6. The van der Waals surface area contributed by atoms with Gasteiger partial charge in [-0.3, -0.25) is 19.5 Å². The second-order valence-corrected chi connectivity index (χ2v) is 9.72. The number of carbonyl (C=O) groups excluding carboxylic acids is 1. The summed E-state index contributed by atoms with van der Waals surface area (Å²) in [6.07, 6.45) is 3.63. The lowest BCUT2D eigenvalue weighted by molar-refractivity contribution is -0.138. The summed E-state index contributed by atoms with van der Waals surface area (Å²) in [5.41, 5.74) is 8.02. The molecule has 0 saturated carbocycles. The van der Waals surface area contributed by atoms with Crippen LogP contribution in [0.15, 0.2) is 47.6 Å². The van der Waals surface area contributed by atoms with Gasteiger partial charge < -0.3 is 20.1 Å². The van der Waals surface area contributed by atoms with Gasteiger partial charge in [0.15, 0.2) is 0 Å². The predicted molar refractivity (Wildman–Crippen MR) is 132 cm³/mol.